The number of piperidine rings is 1. The number of hydrogen-bond donors (Lipinski definition) is 3. The second-order valence-electron chi connectivity index (χ2n) is 7.75. The van der Waals surface area contributed by atoms with E-state index >= 15 is 0 Å². The van der Waals surface area contributed by atoms with Gasteiger partial charge in [0, 0.05) is 12.5 Å². The maximum Gasteiger partial charge on any atom is 0.325 e. The van der Waals surface area contributed by atoms with Gasteiger partial charge in [-0.1, -0.05) is 18.2 Å². The van der Waals surface area contributed by atoms with Gasteiger partial charge in [0.1, 0.15) is 11.9 Å². The third kappa shape index (κ3) is 4.86. The summed E-state index contributed by atoms with van der Waals surface area (Å²) in [5, 5.41) is 9.08. The standard InChI is InChI=1S/C23H27N5O2/c1-15-9-10-21(30-16(2)17-6-5-11-24-13-17)20(12-15)27-23(29)28-22-14-25-18-7-3-4-8-19(18)26-22/h3-4,7-10,12,14,16-17,24H,5-6,11,13H2,1-2H3,(H2,26,27,28,29). The van der Waals surface area contributed by atoms with Gasteiger partial charge in [-0.15, -0.1) is 0 Å². The minimum Gasteiger partial charge on any atom is -0.488 e. The van der Waals surface area contributed by atoms with Gasteiger partial charge in [-0.2, -0.15) is 0 Å². The Bertz CT molecular complexity index is 1030. The monoisotopic (exact) mass is 405 g/mol. The number of carbonyl (C=O) groups excluding carboxylic acids is 1. The Balaban J connectivity index is 1.45. The predicted octanol–water partition coefficient (Wildman–Crippen LogP) is 4.35. The molecule has 4 rings (SSSR count). The Labute approximate surface area is 176 Å². The zero-order valence-corrected chi connectivity index (χ0v) is 17.3. The van der Waals surface area contributed by atoms with E-state index in [0.717, 1.165) is 42.5 Å². The number of nitrogens with one attached hydrogen (secondary N) is 3. The molecule has 2 atom stereocenters. The molecule has 7 heteroatoms. The smallest absolute Gasteiger partial charge is 0.325 e. The van der Waals surface area contributed by atoms with E-state index in [0.29, 0.717) is 23.2 Å². The molecule has 0 saturated carbocycles. The molecule has 2 heterocycles. The number of carbonyl (C=O) groups is 1. The highest BCUT2D eigenvalue weighted by Crippen LogP contribution is 2.29. The van der Waals surface area contributed by atoms with Crippen molar-refractivity contribution < 1.29 is 9.53 Å². The maximum atomic E-state index is 12.6. The second kappa shape index (κ2) is 9.09. The summed E-state index contributed by atoms with van der Waals surface area (Å²) in [7, 11) is 0. The third-order valence-corrected chi connectivity index (χ3v) is 5.39. The van der Waals surface area contributed by atoms with Gasteiger partial charge in [0.25, 0.3) is 0 Å². The SMILES string of the molecule is Cc1ccc(OC(C)C2CCCNC2)c(NC(=O)Nc2cnc3ccccc3n2)c1. The lowest BCUT2D eigenvalue weighted by molar-refractivity contribution is 0.132. The number of anilines is 2. The summed E-state index contributed by atoms with van der Waals surface area (Å²) in [5.74, 6) is 1.51. The van der Waals surface area contributed by atoms with Crippen molar-refractivity contribution in [2.45, 2.75) is 32.8 Å². The van der Waals surface area contributed by atoms with Crippen LogP contribution in [0.15, 0.2) is 48.7 Å². The van der Waals surface area contributed by atoms with Crippen molar-refractivity contribution in [3.63, 3.8) is 0 Å². The molecule has 1 fully saturated rings. The van der Waals surface area contributed by atoms with Crippen LogP contribution in [0.4, 0.5) is 16.3 Å². The number of aryl methyl sites for hydroxylation is 1. The number of ether oxygens (including phenoxy) is 1. The third-order valence-electron chi connectivity index (χ3n) is 5.39. The number of aromatic nitrogens is 2. The van der Waals surface area contributed by atoms with Crippen molar-refractivity contribution in [1.82, 2.24) is 15.3 Å². The van der Waals surface area contributed by atoms with Gasteiger partial charge in [0.05, 0.1) is 22.9 Å². The van der Waals surface area contributed by atoms with E-state index in [1.165, 1.54) is 0 Å². The van der Waals surface area contributed by atoms with Gasteiger partial charge in [0.2, 0.25) is 0 Å². The minimum absolute atomic E-state index is 0.0514. The van der Waals surface area contributed by atoms with Crippen LogP contribution in [0.1, 0.15) is 25.3 Å². The van der Waals surface area contributed by atoms with Crippen LogP contribution in [-0.4, -0.2) is 35.2 Å². The lowest BCUT2D eigenvalue weighted by Crippen LogP contribution is -2.38. The largest absolute Gasteiger partial charge is 0.488 e. The number of fused-ring (bicyclic) bond motifs is 1. The molecule has 0 aliphatic carbocycles. The molecule has 1 aliphatic rings. The molecular formula is C23H27N5O2. The van der Waals surface area contributed by atoms with Crippen molar-refractivity contribution in [1.29, 1.82) is 0 Å². The van der Waals surface area contributed by atoms with Crippen molar-refractivity contribution >= 4 is 28.6 Å². The Morgan fingerprint density at radius 1 is 1.20 bits per heavy atom. The lowest BCUT2D eigenvalue weighted by atomic mass is 9.94. The maximum absolute atomic E-state index is 12.6. The van der Waals surface area contributed by atoms with Crippen LogP contribution in [0.2, 0.25) is 0 Å². The van der Waals surface area contributed by atoms with Crippen LogP contribution >= 0.6 is 0 Å². The summed E-state index contributed by atoms with van der Waals surface area (Å²) in [6.45, 7) is 6.09. The molecule has 2 aromatic carbocycles. The van der Waals surface area contributed by atoms with E-state index in [-0.39, 0.29) is 12.1 Å². The molecule has 2 amide bonds. The van der Waals surface area contributed by atoms with Crippen molar-refractivity contribution in [2.24, 2.45) is 5.92 Å². The molecule has 3 N–H and O–H groups in total. The molecule has 0 spiro atoms. The fourth-order valence-corrected chi connectivity index (χ4v) is 3.71. The topological polar surface area (TPSA) is 88.2 Å². The Morgan fingerprint density at radius 2 is 2.03 bits per heavy atom. The number of hydrogen-bond acceptors (Lipinski definition) is 5. The highest BCUT2D eigenvalue weighted by molar-refractivity contribution is 6.00. The Hall–Kier alpha value is -3.19. The highest BCUT2D eigenvalue weighted by atomic mass is 16.5. The molecule has 1 saturated heterocycles. The molecule has 30 heavy (non-hydrogen) atoms. The van der Waals surface area contributed by atoms with Gasteiger partial charge in [-0.05, 0) is 63.1 Å². The molecule has 0 bridgehead atoms. The number of benzene rings is 2. The summed E-state index contributed by atoms with van der Waals surface area (Å²) >= 11 is 0. The van der Waals surface area contributed by atoms with Crippen LogP contribution < -0.4 is 20.7 Å². The predicted molar refractivity (Wildman–Crippen MR) is 119 cm³/mol. The Morgan fingerprint density at radius 3 is 2.83 bits per heavy atom. The first-order chi connectivity index (χ1) is 14.6. The van der Waals surface area contributed by atoms with Gasteiger partial charge in [-0.3, -0.25) is 10.3 Å². The zero-order valence-electron chi connectivity index (χ0n) is 17.3. The average molecular weight is 406 g/mol. The first-order valence-electron chi connectivity index (χ1n) is 10.4. The number of urea groups is 1. The van der Waals surface area contributed by atoms with Crippen LogP contribution in [0.25, 0.3) is 11.0 Å². The van der Waals surface area contributed by atoms with Gasteiger partial charge in [0.15, 0.2) is 5.82 Å². The van der Waals surface area contributed by atoms with Gasteiger partial charge < -0.3 is 15.4 Å². The molecule has 3 aromatic rings. The summed E-state index contributed by atoms with van der Waals surface area (Å²) in [5.41, 5.74) is 3.18. The van der Waals surface area contributed by atoms with E-state index in [2.05, 4.69) is 32.8 Å². The van der Waals surface area contributed by atoms with Crippen molar-refractivity contribution in [3.8, 4) is 5.75 Å². The van der Waals surface area contributed by atoms with E-state index in [1.807, 2.05) is 49.4 Å². The normalized spacial score (nSPS) is 17.3. The molecule has 0 radical (unpaired) electrons. The number of para-hydroxylation sites is 2. The molecule has 1 aliphatic heterocycles. The quantitative estimate of drug-likeness (QED) is 0.587. The lowest BCUT2D eigenvalue weighted by Gasteiger charge is -2.29. The van der Waals surface area contributed by atoms with Crippen LogP contribution in [-0.2, 0) is 0 Å². The second-order valence-corrected chi connectivity index (χ2v) is 7.75. The first kappa shape index (κ1) is 20.1. The molecular weight excluding hydrogens is 378 g/mol. The summed E-state index contributed by atoms with van der Waals surface area (Å²) in [4.78, 5) is 21.4. The van der Waals surface area contributed by atoms with Gasteiger partial charge in [-0.25, -0.2) is 9.78 Å². The highest BCUT2D eigenvalue weighted by Gasteiger charge is 2.22. The minimum atomic E-state index is -0.387. The molecule has 156 valence electrons. The van der Waals surface area contributed by atoms with E-state index in [4.69, 9.17) is 4.74 Å². The zero-order chi connectivity index (χ0) is 20.9. The van der Waals surface area contributed by atoms with Crippen molar-refractivity contribution in [3.05, 3.63) is 54.2 Å². The van der Waals surface area contributed by atoms with Gasteiger partial charge >= 0.3 is 6.03 Å². The summed E-state index contributed by atoms with van der Waals surface area (Å²) in [6, 6.07) is 13.0. The summed E-state index contributed by atoms with van der Waals surface area (Å²) in [6.07, 6.45) is 3.90. The fraction of sp³-hybridized carbons (Fsp3) is 0.348. The number of rotatable bonds is 5. The number of amides is 2. The van der Waals surface area contributed by atoms with E-state index in [9.17, 15) is 4.79 Å². The first-order valence-corrected chi connectivity index (χ1v) is 10.4. The van der Waals surface area contributed by atoms with E-state index < -0.39 is 0 Å². The molecule has 1 aromatic heterocycles. The molecule has 2 unspecified atom stereocenters. The Kier molecular flexibility index (Phi) is 6.09. The van der Waals surface area contributed by atoms with Crippen molar-refractivity contribution in [2.75, 3.05) is 23.7 Å². The van der Waals surface area contributed by atoms with Crippen LogP contribution in [0.3, 0.4) is 0 Å². The number of nitrogens with zero attached hydrogens (tertiary/aromatic N) is 2. The van der Waals surface area contributed by atoms with E-state index in [1.54, 1.807) is 6.20 Å². The fourth-order valence-electron chi connectivity index (χ4n) is 3.71. The van der Waals surface area contributed by atoms with Crippen LogP contribution in [0, 0.1) is 12.8 Å². The average Bonchev–Trinajstić information content (AvgIpc) is 2.76. The summed E-state index contributed by atoms with van der Waals surface area (Å²) < 4.78 is 6.24. The molecule has 7 nitrogen and oxygen atoms in total. The van der Waals surface area contributed by atoms with Crippen LogP contribution in [0.5, 0.6) is 5.75 Å².